The molecule has 11 heteroatoms. The lowest BCUT2D eigenvalue weighted by Crippen LogP contribution is -2.47. The molecule has 0 N–H and O–H groups in total. The Labute approximate surface area is 219 Å². The summed E-state index contributed by atoms with van der Waals surface area (Å²) in [5.41, 5.74) is -0.0258. The zero-order valence-corrected chi connectivity index (χ0v) is 20.7. The van der Waals surface area contributed by atoms with Gasteiger partial charge in [-0.15, -0.1) is 0 Å². The Bertz CT molecular complexity index is 1780. The lowest BCUT2D eigenvalue weighted by atomic mass is 9.85. The number of hydrogen-bond acceptors (Lipinski definition) is 8. The van der Waals surface area contributed by atoms with Gasteiger partial charge in [0.1, 0.15) is 6.61 Å². The molecule has 1 atom stereocenters. The number of rotatable bonds is 4. The van der Waals surface area contributed by atoms with Crippen LogP contribution in [-0.4, -0.2) is 26.4 Å². The number of nitrogens with zero attached hydrogens (tertiary/aromatic N) is 3. The van der Waals surface area contributed by atoms with Gasteiger partial charge in [0, 0.05) is 17.2 Å². The van der Waals surface area contributed by atoms with Crippen molar-refractivity contribution in [2.75, 3.05) is 0 Å². The van der Waals surface area contributed by atoms with E-state index in [1.807, 2.05) is 0 Å². The Morgan fingerprint density at radius 1 is 1.21 bits per heavy atom. The van der Waals surface area contributed by atoms with Crippen molar-refractivity contribution in [3.8, 4) is 11.4 Å². The molecular formula is C27H18ClN3O7. The second-order valence-corrected chi connectivity index (χ2v) is 9.44. The Hall–Kier alpha value is -4.57. The fraction of sp³-hybridized carbons (Fsp3) is 0.185. The standard InChI is InChI=1S/C27H18ClN3O7/c1-2-27(38-25(33)15-6-3-4-7-19(15)28)18-11-22-23-14(12-30(22)24(32)17(18)13-37-26(27)34)10-16-20(29-23)8-5-9-21(16)31(35)36/h3-11H,2,12-13H2,1H3/t27-/m0/s1. The first-order valence-corrected chi connectivity index (χ1v) is 12.1. The van der Waals surface area contributed by atoms with Crippen LogP contribution in [0.15, 0.2) is 59.4 Å². The molecule has 0 fully saturated rings. The summed E-state index contributed by atoms with van der Waals surface area (Å²) in [7, 11) is 0. The zero-order valence-electron chi connectivity index (χ0n) is 19.9. The molecule has 0 bridgehead atoms. The fourth-order valence-corrected chi connectivity index (χ4v) is 5.36. The van der Waals surface area contributed by atoms with Crippen molar-refractivity contribution in [1.29, 1.82) is 0 Å². The number of carbonyl (C=O) groups is 2. The molecule has 2 aromatic carbocycles. The third-order valence-electron chi connectivity index (χ3n) is 7.05. The summed E-state index contributed by atoms with van der Waals surface area (Å²) < 4.78 is 12.6. The molecule has 2 aliphatic heterocycles. The molecule has 0 saturated carbocycles. The molecule has 0 aliphatic carbocycles. The molecule has 0 radical (unpaired) electrons. The van der Waals surface area contributed by atoms with Gasteiger partial charge in [-0.05, 0) is 36.8 Å². The number of pyridine rings is 2. The summed E-state index contributed by atoms with van der Waals surface area (Å²) in [4.78, 5) is 55.6. The van der Waals surface area contributed by atoms with Crippen molar-refractivity contribution in [3.05, 3.63) is 102 Å². The van der Waals surface area contributed by atoms with Gasteiger partial charge in [0.05, 0.1) is 49.9 Å². The monoisotopic (exact) mass is 531 g/mol. The van der Waals surface area contributed by atoms with E-state index in [1.165, 1.54) is 22.8 Å². The molecule has 0 amide bonds. The molecular weight excluding hydrogens is 514 g/mol. The molecule has 4 heterocycles. The molecule has 0 unspecified atom stereocenters. The first kappa shape index (κ1) is 23.8. The number of fused-ring (bicyclic) bond motifs is 5. The topological polar surface area (TPSA) is 131 Å². The minimum absolute atomic E-state index is 0.00210. The number of esters is 2. The average molecular weight is 532 g/mol. The van der Waals surface area contributed by atoms with Gasteiger partial charge >= 0.3 is 11.9 Å². The minimum atomic E-state index is -1.88. The first-order chi connectivity index (χ1) is 18.2. The minimum Gasteiger partial charge on any atom is -0.457 e. The number of halogens is 1. The van der Waals surface area contributed by atoms with Gasteiger partial charge in [-0.1, -0.05) is 36.7 Å². The second kappa shape index (κ2) is 8.49. The molecule has 2 aliphatic rings. The van der Waals surface area contributed by atoms with E-state index in [0.29, 0.717) is 27.9 Å². The maximum Gasteiger partial charge on any atom is 0.355 e. The highest BCUT2D eigenvalue weighted by molar-refractivity contribution is 6.33. The summed E-state index contributed by atoms with van der Waals surface area (Å²) in [6, 6.07) is 14.2. The van der Waals surface area contributed by atoms with Gasteiger partial charge in [-0.25, -0.2) is 14.6 Å². The SMILES string of the molecule is CC[C@@]1(OC(=O)c2ccccc2Cl)C(=O)OCc2c1cc1n(c2=O)Cc2cc3c([N+](=O)[O-])cccc3nc2-1. The molecule has 6 rings (SSSR count). The summed E-state index contributed by atoms with van der Waals surface area (Å²) in [5, 5.41) is 12.0. The third kappa shape index (κ3) is 3.33. The number of hydrogen-bond donors (Lipinski definition) is 0. The molecule has 2 aromatic heterocycles. The van der Waals surface area contributed by atoms with Crippen LogP contribution in [0.5, 0.6) is 0 Å². The van der Waals surface area contributed by atoms with E-state index < -0.39 is 28.0 Å². The predicted octanol–water partition coefficient (Wildman–Crippen LogP) is 4.51. The smallest absolute Gasteiger partial charge is 0.355 e. The van der Waals surface area contributed by atoms with Gasteiger partial charge in [-0.2, -0.15) is 0 Å². The van der Waals surface area contributed by atoms with Crippen molar-refractivity contribution in [3.63, 3.8) is 0 Å². The van der Waals surface area contributed by atoms with Gasteiger partial charge in [0.15, 0.2) is 0 Å². The molecule has 10 nitrogen and oxygen atoms in total. The number of carbonyl (C=O) groups excluding carboxylic acids is 2. The van der Waals surface area contributed by atoms with Crippen molar-refractivity contribution < 1.29 is 24.0 Å². The van der Waals surface area contributed by atoms with Crippen LogP contribution in [0.4, 0.5) is 5.69 Å². The van der Waals surface area contributed by atoms with Crippen LogP contribution in [0.1, 0.15) is 40.4 Å². The van der Waals surface area contributed by atoms with Gasteiger partial charge in [-0.3, -0.25) is 14.9 Å². The van der Waals surface area contributed by atoms with Crippen molar-refractivity contribution >= 4 is 40.1 Å². The molecule has 38 heavy (non-hydrogen) atoms. The quantitative estimate of drug-likeness (QED) is 0.188. The number of cyclic esters (lactones) is 1. The molecule has 190 valence electrons. The van der Waals surface area contributed by atoms with Crippen LogP contribution >= 0.6 is 11.6 Å². The number of non-ortho nitro benzene ring substituents is 1. The molecule has 4 aromatic rings. The van der Waals surface area contributed by atoms with E-state index in [-0.39, 0.29) is 47.0 Å². The number of benzene rings is 2. The maximum atomic E-state index is 13.6. The fourth-order valence-electron chi connectivity index (χ4n) is 5.14. The first-order valence-electron chi connectivity index (χ1n) is 11.7. The zero-order chi connectivity index (χ0) is 26.8. The maximum absolute atomic E-state index is 13.6. The number of nitro benzene ring substituents is 1. The van der Waals surface area contributed by atoms with Gasteiger partial charge in [0.25, 0.3) is 11.2 Å². The summed E-state index contributed by atoms with van der Waals surface area (Å²) in [5.74, 6) is -1.63. The second-order valence-electron chi connectivity index (χ2n) is 9.04. The normalized spacial score (nSPS) is 17.4. The predicted molar refractivity (Wildman–Crippen MR) is 136 cm³/mol. The van der Waals surface area contributed by atoms with Crippen LogP contribution in [0, 0.1) is 10.1 Å². The van der Waals surface area contributed by atoms with Crippen LogP contribution < -0.4 is 5.56 Å². The highest BCUT2D eigenvalue weighted by atomic mass is 35.5. The van der Waals surface area contributed by atoms with E-state index in [1.54, 1.807) is 43.3 Å². The molecule has 0 spiro atoms. The molecule has 0 saturated heterocycles. The van der Waals surface area contributed by atoms with E-state index >= 15 is 0 Å². The van der Waals surface area contributed by atoms with Crippen LogP contribution in [-0.2, 0) is 33.0 Å². The number of ether oxygens (including phenoxy) is 2. The van der Waals surface area contributed by atoms with Gasteiger partial charge in [0.2, 0.25) is 5.60 Å². The lowest BCUT2D eigenvalue weighted by Gasteiger charge is -2.35. The Balaban J connectivity index is 1.54. The summed E-state index contributed by atoms with van der Waals surface area (Å²) in [6.45, 7) is 1.51. The van der Waals surface area contributed by atoms with Crippen LogP contribution in [0.3, 0.4) is 0 Å². The largest absolute Gasteiger partial charge is 0.457 e. The van der Waals surface area contributed by atoms with E-state index in [0.717, 1.165) is 0 Å². The van der Waals surface area contributed by atoms with E-state index in [4.69, 9.17) is 21.1 Å². The van der Waals surface area contributed by atoms with Crippen LogP contribution in [0.25, 0.3) is 22.3 Å². The van der Waals surface area contributed by atoms with Crippen molar-refractivity contribution in [2.24, 2.45) is 0 Å². The number of aromatic nitrogens is 2. The summed E-state index contributed by atoms with van der Waals surface area (Å²) in [6.07, 6.45) is 0.00210. The van der Waals surface area contributed by atoms with Gasteiger partial charge < -0.3 is 14.0 Å². The van der Waals surface area contributed by atoms with E-state index in [9.17, 15) is 24.5 Å². The Morgan fingerprint density at radius 3 is 2.74 bits per heavy atom. The highest BCUT2D eigenvalue weighted by Gasteiger charge is 2.50. The average Bonchev–Trinajstić information content (AvgIpc) is 3.26. The Morgan fingerprint density at radius 2 is 2.00 bits per heavy atom. The lowest BCUT2D eigenvalue weighted by molar-refractivity contribution is -0.383. The van der Waals surface area contributed by atoms with Crippen LogP contribution in [0.2, 0.25) is 5.02 Å². The highest BCUT2D eigenvalue weighted by Crippen LogP contribution is 2.42. The number of nitro groups is 1. The Kier molecular flexibility index (Phi) is 5.32. The van der Waals surface area contributed by atoms with Crippen molar-refractivity contribution in [2.45, 2.75) is 32.1 Å². The van der Waals surface area contributed by atoms with E-state index in [2.05, 4.69) is 4.98 Å². The summed E-state index contributed by atoms with van der Waals surface area (Å²) >= 11 is 6.18. The third-order valence-corrected chi connectivity index (χ3v) is 7.38. The van der Waals surface area contributed by atoms with Crippen molar-refractivity contribution in [1.82, 2.24) is 9.55 Å².